The summed E-state index contributed by atoms with van der Waals surface area (Å²) >= 11 is 1.50. The second-order valence-corrected chi connectivity index (χ2v) is 16.2. The van der Waals surface area contributed by atoms with Gasteiger partial charge in [0.25, 0.3) is 15.9 Å². The van der Waals surface area contributed by atoms with E-state index in [0.717, 1.165) is 44.9 Å². The summed E-state index contributed by atoms with van der Waals surface area (Å²) in [4.78, 5) is 47.5. The minimum absolute atomic E-state index is 0.0119. The van der Waals surface area contributed by atoms with Crippen molar-refractivity contribution < 1.29 is 32.3 Å². The summed E-state index contributed by atoms with van der Waals surface area (Å²) in [5.41, 5.74) is 1.31. The number of rotatable bonds is 1. The Labute approximate surface area is 245 Å². The molecule has 1 aromatic rings. The van der Waals surface area contributed by atoms with E-state index in [-0.39, 0.29) is 49.0 Å². The van der Waals surface area contributed by atoms with Gasteiger partial charge >= 0.3 is 5.97 Å². The van der Waals surface area contributed by atoms with Crippen LogP contribution in [0.2, 0.25) is 0 Å². The zero-order chi connectivity index (χ0) is 29.4. The van der Waals surface area contributed by atoms with Crippen LogP contribution in [0.4, 0.5) is 0 Å². The van der Waals surface area contributed by atoms with Crippen molar-refractivity contribution in [2.45, 2.75) is 94.3 Å². The molecule has 1 spiro atoms. The third kappa shape index (κ3) is 4.42. The number of benzene rings is 1. The molecule has 41 heavy (non-hydrogen) atoms. The highest BCUT2D eigenvalue weighted by Crippen LogP contribution is 2.70. The van der Waals surface area contributed by atoms with Crippen molar-refractivity contribution in [1.29, 1.82) is 0 Å². The lowest BCUT2D eigenvalue weighted by atomic mass is 9.46. The first kappa shape index (κ1) is 28.6. The van der Waals surface area contributed by atoms with Crippen LogP contribution in [-0.2, 0) is 29.1 Å². The van der Waals surface area contributed by atoms with Crippen LogP contribution < -0.4 is 4.72 Å². The number of ether oxygens (including phenoxy) is 1. The SMILES string of the molecule is CC(=O)S[C@@H]1CC2=CC(=O)CC[C@]2(C)[C@H]2CC[C@@]3(C)[C@@H](CC[C@@]34CCC(=O)O4)[C@H]12.O=C1NS(=O)(=O)c2ccccc21. The van der Waals surface area contributed by atoms with E-state index in [4.69, 9.17) is 4.74 Å². The van der Waals surface area contributed by atoms with Crippen LogP contribution in [-0.4, -0.2) is 42.0 Å². The maximum absolute atomic E-state index is 12.2. The zero-order valence-corrected chi connectivity index (χ0v) is 25.4. The number of ketones is 1. The molecule has 1 aromatic carbocycles. The number of sulfonamides is 1. The maximum atomic E-state index is 12.2. The molecular formula is C31H37NO7S2. The van der Waals surface area contributed by atoms with Gasteiger partial charge in [-0.05, 0) is 86.3 Å². The molecule has 6 aliphatic rings. The van der Waals surface area contributed by atoms with Gasteiger partial charge in [0.2, 0.25) is 0 Å². The van der Waals surface area contributed by atoms with Gasteiger partial charge in [-0.3, -0.25) is 19.2 Å². The van der Waals surface area contributed by atoms with E-state index in [1.165, 1.54) is 29.5 Å². The zero-order valence-electron chi connectivity index (χ0n) is 23.7. The standard InChI is InChI=1S/C24H32O4S.C7H5NO3S/c1-14(25)29-19-13-15-12-16(26)4-8-22(15,2)17-5-9-23(3)18(21(17)19)6-10-24(23)11-7-20(27)28-24;9-7-5-3-1-2-4-6(5)12(10,11)8-7/h12,17-19,21H,4-11,13H2,1-3H3;1-4H,(H,8,9)/t17-,18-,19+,21+,22-,23-,24+;/m0./s1. The summed E-state index contributed by atoms with van der Waals surface area (Å²) in [6.07, 6.45) is 10.0. The number of carbonyl (C=O) groups excluding carboxylic acids is 4. The van der Waals surface area contributed by atoms with Crippen LogP contribution in [0, 0.1) is 28.6 Å². The number of nitrogens with one attached hydrogen (secondary N) is 1. The Kier molecular flexibility index (Phi) is 6.84. The summed E-state index contributed by atoms with van der Waals surface area (Å²) in [5.74, 6) is 1.12. The molecule has 10 heteroatoms. The van der Waals surface area contributed by atoms with Crippen LogP contribution in [0.1, 0.15) is 88.9 Å². The number of carbonyl (C=O) groups is 4. The van der Waals surface area contributed by atoms with Gasteiger partial charge in [-0.1, -0.05) is 43.3 Å². The molecule has 0 bridgehead atoms. The van der Waals surface area contributed by atoms with Crippen molar-refractivity contribution >= 4 is 44.6 Å². The average Bonchev–Trinajstić information content (AvgIpc) is 3.51. The smallest absolute Gasteiger partial charge is 0.306 e. The highest BCUT2D eigenvalue weighted by Gasteiger charge is 2.68. The highest BCUT2D eigenvalue weighted by molar-refractivity contribution is 8.14. The van der Waals surface area contributed by atoms with Gasteiger partial charge in [0.05, 0.1) is 5.56 Å². The van der Waals surface area contributed by atoms with E-state index in [9.17, 15) is 27.6 Å². The first-order valence-electron chi connectivity index (χ1n) is 14.6. The molecule has 2 heterocycles. The van der Waals surface area contributed by atoms with E-state index in [1.54, 1.807) is 19.1 Å². The number of amides is 1. The topological polar surface area (TPSA) is 124 Å². The molecule has 1 amide bonds. The minimum Gasteiger partial charge on any atom is -0.458 e. The lowest BCUT2D eigenvalue weighted by Crippen LogP contribution is -2.57. The number of thioether (sulfide) groups is 1. The summed E-state index contributed by atoms with van der Waals surface area (Å²) < 4.78 is 30.2. The molecule has 0 radical (unpaired) electrons. The molecule has 7 atom stereocenters. The quantitative estimate of drug-likeness (QED) is 0.449. The van der Waals surface area contributed by atoms with E-state index >= 15 is 0 Å². The third-order valence-electron chi connectivity index (χ3n) is 11.3. The van der Waals surface area contributed by atoms with Crippen molar-refractivity contribution in [2.75, 3.05) is 0 Å². The van der Waals surface area contributed by atoms with Crippen molar-refractivity contribution in [3.63, 3.8) is 0 Å². The summed E-state index contributed by atoms with van der Waals surface area (Å²) in [5, 5.41) is 0.409. The van der Waals surface area contributed by atoms with Gasteiger partial charge in [0.15, 0.2) is 10.9 Å². The molecule has 0 aromatic heterocycles. The van der Waals surface area contributed by atoms with Crippen LogP contribution in [0.3, 0.4) is 0 Å². The van der Waals surface area contributed by atoms with Gasteiger partial charge in [-0.15, -0.1) is 0 Å². The largest absolute Gasteiger partial charge is 0.458 e. The molecule has 0 unspecified atom stereocenters. The molecule has 2 aliphatic heterocycles. The van der Waals surface area contributed by atoms with Crippen molar-refractivity contribution in [1.82, 2.24) is 4.72 Å². The fraction of sp³-hybridized carbons (Fsp3) is 0.613. The van der Waals surface area contributed by atoms with Crippen LogP contribution in [0.5, 0.6) is 0 Å². The van der Waals surface area contributed by atoms with Gasteiger partial charge in [0.1, 0.15) is 10.5 Å². The highest BCUT2D eigenvalue weighted by atomic mass is 32.2. The molecule has 3 saturated carbocycles. The summed E-state index contributed by atoms with van der Waals surface area (Å²) in [6.45, 7) is 6.42. The lowest BCUT2D eigenvalue weighted by Gasteiger charge is -2.61. The molecule has 220 valence electrons. The Morgan fingerprint density at radius 1 is 1.00 bits per heavy atom. The fourth-order valence-electron chi connectivity index (χ4n) is 9.25. The molecule has 4 fully saturated rings. The summed E-state index contributed by atoms with van der Waals surface area (Å²) in [7, 11) is -3.55. The van der Waals surface area contributed by atoms with Crippen molar-refractivity contribution in [2.24, 2.45) is 28.6 Å². The third-order valence-corrected chi connectivity index (χ3v) is 13.8. The lowest BCUT2D eigenvalue weighted by molar-refractivity contribution is -0.167. The number of hydrogen-bond acceptors (Lipinski definition) is 8. The van der Waals surface area contributed by atoms with Gasteiger partial charge < -0.3 is 4.74 Å². The number of hydrogen-bond donors (Lipinski definition) is 1. The molecule has 7 rings (SSSR count). The predicted molar refractivity (Wildman–Crippen MR) is 153 cm³/mol. The van der Waals surface area contributed by atoms with Gasteiger partial charge in [-0.2, -0.15) is 0 Å². The molecule has 1 N–H and O–H groups in total. The molecule has 8 nitrogen and oxygen atoms in total. The van der Waals surface area contributed by atoms with Crippen LogP contribution in [0.25, 0.3) is 0 Å². The predicted octanol–water partition coefficient (Wildman–Crippen LogP) is 4.97. The Balaban J connectivity index is 0.000000210. The number of esters is 1. The van der Waals surface area contributed by atoms with Crippen LogP contribution in [0.15, 0.2) is 40.8 Å². The average molecular weight is 600 g/mol. The minimum atomic E-state index is -3.55. The summed E-state index contributed by atoms with van der Waals surface area (Å²) in [6, 6.07) is 6.09. The maximum Gasteiger partial charge on any atom is 0.306 e. The van der Waals surface area contributed by atoms with Gasteiger partial charge in [0, 0.05) is 30.4 Å². The molecular weight excluding hydrogens is 562 g/mol. The second kappa shape index (κ2) is 9.79. The van der Waals surface area contributed by atoms with Crippen LogP contribution >= 0.6 is 11.8 Å². The van der Waals surface area contributed by atoms with E-state index < -0.39 is 15.9 Å². The van der Waals surface area contributed by atoms with Crippen molar-refractivity contribution in [3.05, 3.63) is 41.5 Å². The van der Waals surface area contributed by atoms with E-state index in [2.05, 4.69) is 13.8 Å². The first-order valence-corrected chi connectivity index (χ1v) is 17.0. The first-order chi connectivity index (χ1) is 19.3. The fourth-order valence-corrected chi connectivity index (χ4v) is 11.6. The normalized spacial score (nSPS) is 39.8. The number of allylic oxidation sites excluding steroid dienone is 1. The monoisotopic (exact) mass is 599 g/mol. The Morgan fingerprint density at radius 3 is 2.41 bits per heavy atom. The van der Waals surface area contributed by atoms with Gasteiger partial charge in [-0.25, -0.2) is 13.1 Å². The molecule has 4 aliphatic carbocycles. The Morgan fingerprint density at radius 2 is 1.73 bits per heavy atom. The number of fused-ring (bicyclic) bond motifs is 7. The second-order valence-electron chi connectivity index (χ2n) is 13.1. The Hall–Kier alpha value is -2.46. The van der Waals surface area contributed by atoms with E-state index in [1.807, 2.05) is 10.8 Å². The molecule has 1 saturated heterocycles. The van der Waals surface area contributed by atoms with Crippen molar-refractivity contribution in [3.8, 4) is 0 Å². The Bertz CT molecular complexity index is 1480. The van der Waals surface area contributed by atoms with E-state index in [0.29, 0.717) is 30.6 Å².